The number of halogens is 1. The summed E-state index contributed by atoms with van der Waals surface area (Å²) >= 11 is 3.52. The van der Waals surface area contributed by atoms with Gasteiger partial charge in [-0.1, -0.05) is 36.7 Å². The number of nitrogens with one attached hydrogen (secondary N) is 1. The van der Waals surface area contributed by atoms with Crippen molar-refractivity contribution in [2.24, 2.45) is 5.41 Å². The van der Waals surface area contributed by atoms with Gasteiger partial charge in [0.15, 0.2) is 0 Å². The number of amides is 1. The molecule has 1 unspecified atom stereocenters. The van der Waals surface area contributed by atoms with Crippen molar-refractivity contribution in [3.8, 4) is 0 Å². The first-order chi connectivity index (χ1) is 7.02. The minimum absolute atomic E-state index is 0.0693. The third-order valence-corrected chi connectivity index (χ3v) is 2.27. The smallest absolute Gasteiger partial charge is 0.407 e. The molecule has 1 atom stereocenters. The van der Waals surface area contributed by atoms with E-state index in [1.54, 1.807) is 0 Å². The molecular weight excluding hydrogens is 270 g/mol. The van der Waals surface area contributed by atoms with E-state index in [1.807, 2.05) is 20.8 Å². The van der Waals surface area contributed by atoms with Gasteiger partial charge in [-0.3, -0.25) is 0 Å². The van der Waals surface area contributed by atoms with Crippen LogP contribution in [0.4, 0.5) is 4.79 Å². The fourth-order valence-electron chi connectivity index (χ4n) is 1.46. The lowest BCUT2D eigenvalue weighted by Gasteiger charge is -2.27. The van der Waals surface area contributed by atoms with Crippen LogP contribution in [0.15, 0.2) is 0 Å². The second-order valence-electron chi connectivity index (χ2n) is 6.00. The van der Waals surface area contributed by atoms with E-state index in [9.17, 15) is 4.79 Å². The molecule has 0 aromatic heterocycles. The maximum absolute atomic E-state index is 11.4. The summed E-state index contributed by atoms with van der Waals surface area (Å²) in [4.78, 5) is 11.9. The molecule has 3 nitrogen and oxygen atoms in total. The molecule has 0 aromatic rings. The van der Waals surface area contributed by atoms with Crippen LogP contribution in [-0.4, -0.2) is 23.1 Å². The van der Waals surface area contributed by atoms with Crippen molar-refractivity contribution in [1.29, 1.82) is 0 Å². The van der Waals surface area contributed by atoms with E-state index in [2.05, 4.69) is 42.0 Å². The van der Waals surface area contributed by atoms with E-state index >= 15 is 0 Å². The van der Waals surface area contributed by atoms with Gasteiger partial charge >= 0.3 is 6.09 Å². The summed E-state index contributed by atoms with van der Waals surface area (Å²) < 4.78 is 5.18. The molecule has 0 rings (SSSR count). The highest BCUT2D eigenvalue weighted by Crippen LogP contribution is 2.24. The van der Waals surface area contributed by atoms with Crippen LogP contribution < -0.4 is 5.32 Å². The second kappa shape index (κ2) is 5.89. The Morgan fingerprint density at radius 2 is 1.81 bits per heavy atom. The Bertz CT molecular complexity index is 232. The highest BCUT2D eigenvalue weighted by atomic mass is 79.9. The SMILES string of the molecule is CC(Br)CC(C)(C)CNC(=O)OC(C)(C)C. The average molecular weight is 294 g/mol. The first-order valence-electron chi connectivity index (χ1n) is 5.63. The van der Waals surface area contributed by atoms with Crippen LogP contribution in [0.2, 0.25) is 0 Å². The summed E-state index contributed by atoms with van der Waals surface area (Å²) in [5.74, 6) is 0. The van der Waals surface area contributed by atoms with Crippen molar-refractivity contribution in [3.63, 3.8) is 0 Å². The van der Waals surface area contributed by atoms with Gasteiger partial charge < -0.3 is 10.1 Å². The standard InChI is InChI=1S/C12H24BrNO2/c1-9(13)7-12(5,6)8-14-10(15)16-11(2,3)4/h9H,7-8H2,1-6H3,(H,14,15). The van der Waals surface area contributed by atoms with Gasteiger partial charge in [-0.15, -0.1) is 0 Å². The Balaban J connectivity index is 4.00. The molecule has 4 heteroatoms. The molecule has 0 spiro atoms. The maximum atomic E-state index is 11.4. The summed E-state index contributed by atoms with van der Waals surface area (Å²) in [6.07, 6.45) is 0.658. The van der Waals surface area contributed by atoms with Crippen LogP contribution in [0.1, 0.15) is 48.0 Å². The molecule has 0 radical (unpaired) electrons. The minimum Gasteiger partial charge on any atom is -0.444 e. The molecule has 0 fully saturated rings. The van der Waals surface area contributed by atoms with Gasteiger partial charge in [-0.05, 0) is 32.6 Å². The van der Waals surface area contributed by atoms with Crippen molar-refractivity contribution in [2.45, 2.75) is 58.4 Å². The van der Waals surface area contributed by atoms with Crippen LogP contribution >= 0.6 is 15.9 Å². The molecule has 0 aromatic carbocycles. The van der Waals surface area contributed by atoms with E-state index in [-0.39, 0.29) is 11.5 Å². The molecule has 96 valence electrons. The number of alkyl carbamates (subject to hydrolysis) is 1. The normalized spacial score (nSPS) is 14.4. The van der Waals surface area contributed by atoms with E-state index < -0.39 is 5.60 Å². The zero-order valence-electron chi connectivity index (χ0n) is 11.2. The van der Waals surface area contributed by atoms with Gasteiger partial charge in [0.25, 0.3) is 0 Å². The van der Waals surface area contributed by atoms with E-state index in [0.29, 0.717) is 11.4 Å². The van der Waals surface area contributed by atoms with Crippen LogP contribution in [0.3, 0.4) is 0 Å². The molecule has 0 aliphatic rings. The Morgan fingerprint density at radius 1 is 1.31 bits per heavy atom. The van der Waals surface area contributed by atoms with E-state index in [0.717, 1.165) is 6.42 Å². The quantitative estimate of drug-likeness (QED) is 0.803. The van der Waals surface area contributed by atoms with Crippen molar-refractivity contribution < 1.29 is 9.53 Å². The zero-order chi connectivity index (χ0) is 13.0. The molecule has 1 amide bonds. The van der Waals surface area contributed by atoms with Crippen molar-refractivity contribution in [1.82, 2.24) is 5.32 Å². The number of carbonyl (C=O) groups excluding carboxylic acids is 1. The van der Waals surface area contributed by atoms with Gasteiger partial charge in [-0.2, -0.15) is 0 Å². The number of ether oxygens (including phenoxy) is 1. The monoisotopic (exact) mass is 293 g/mol. The van der Waals surface area contributed by atoms with Crippen LogP contribution in [0, 0.1) is 5.41 Å². The number of hydrogen-bond donors (Lipinski definition) is 1. The predicted molar refractivity (Wildman–Crippen MR) is 71.0 cm³/mol. The van der Waals surface area contributed by atoms with Crippen molar-refractivity contribution in [2.75, 3.05) is 6.54 Å². The van der Waals surface area contributed by atoms with Gasteiger partial charge in [0.1, 0.15) is 5.60 Å². The van der Waals surface area contributed by atoms with Gasteiger partial charge in [0.2, 0.25) is 0 Å². The lowest BCUT2D eigenvalue weighted by Crippen LogP contribution is -2.38. The third-order valence-electron chi connectivity index (χ3n) is 1.94. The first kappa shape index (κ1) is 15.8. The fraction of sp³-hybridized carbons (Fsp3) is 0.917. The molecule has 0 heterocycles. The Hall–Kier alpha value is -0.250. The zero-order valence-corrected chi connectivity index (χ0v) is 12.8. The highest BCUT2D eigenvalue weighted by Gasteiger charge is 2.22. The minimum atomic E-state index is -0.434. The Labute approximate surface area is 107 Å². The Morgan fingerprint density at radius 3 is 2.19 bits per heavy atom. The molecule has 0 saturated carbocycles. The van der Waals surface area contributed by atoms with Crippen LogP contribution in [-0.2, 0) is 4.74 Å². The molecular formula is C12H24BrNO2. The second-order valence-corrected chi connectivity index (χ2v) is 7.57. The summed E-state index contributed by atoms with van der Waals surface area (Å²) in [5.41, 5.74) is -0.364. The summed E-state index contributed by atoms with van der Waals surface area (Å²) in [6.45, 7) is 12.6. The van der Waals surface area contributed by atoms with Crippen LogP contribution in [0.5, 0.6) is 0 Å². The largest absolute Gasteiger partial charge is 0.444 e. The van der Waals surface area contributed by atoms with Gasteiger partial charge in [0.05, 0.1) is 0 Å². The Kier molecular flexibility index (Phi) is 5.80. The average Bonchev–Trinajstić information content (AvgIpc) is 1.95. The molecule has 0 bridgehead atoms. The number of rotatable bonds is 4. The number of carbonyl (C=O) groups is 1. The maximum Gasteiger partial charge on any atom is 0.407 e. The lowest BCUT2D eigenvalue weighted by atomic mass is 9.88. The highest BCUT2D eigenvalue weighted by molar-refractivity contribution is 9.09. The molecule has 16 heavy (non-hydrogen) atoms. The number of alkyl halides is 1. The van der Waals surface area contributed by atoms with E-state index in [1.165, 1.54) is 0 Å². The molecule has 0 aliphatic carbocycles. The number of hydrogen-bond acceptors (Lipinski definition) is 2. The van der Waals surface area contributed by atoms with Gasteiger partial charge in [-0.25, -0.2) is 4.79 Å². The van der Waals surface area contributed by atoms with E-state index in [4.69, 9.17) is 4.74 Å². The summed E-state index contributed by atoms with van der Waals surface area (Å²) in [6, 6.07) is 0. The van der Waals surface area contributed by atoms with Crippen LogP contribution in [0.25, 0.3) is 0 Å². The fourth-order valence-corrected chi connectivity index (χ4v) is 2.34. The third kappa shape index (κ3) is 9.01. The summed E-state index contributed by atoms with van der Waals surface area (Å²) in [7, 11) is 0. The topological polar surface area (TPSA) is 38.3 Å². The molecule has 0 aliphatic heterocycles. The first-order valence-corrected chi connectivity index (χ1v) is 6.54. The van der Waals surface area contributed by atoms with Gasteiger partial charge in [0, 0.05) is 11.4 Å². The molecule has 0 saturated heterocycles. The lowest BCUT2D eigenvalue weighted by molar-refractivity contribution is 0.0504. The van der Waals surface area contributed by atoms with Crippen molar-refractivity contribution in [3.05, 3.63) is 0 Å². The van der Waals surface area contributed by atoms with Crippen molar-refractivity contribution >= 4 is 22.0 Å². The molecule has 1 N–H and O–H groups in total. The summed E-state index contributed by atoms with van der Waals surface area (Å²) in [5, 5.41) is 2.80. The predicted octanol–water partition coefficient (Wildman–Crippen LogP) is 3.71.